The van der Waals surface area contributed by atoms with Crippen molar-refractivity contribution in [1.82, 2.24) is 9.78 Å². The molecule has 0 radical (unpaired) electrons. The summed E-state index contributed by atoms with van der Waals surface area (Å²) in [7, 11) is 0. The van der Waals surface area contributed by atoms with Gasteiger partial charge in [0.2, 0.25) is 0 Å². The number of aromatic nitrogens is 2. The van der Waals surface area contributed by atoms with Crippen LogP contribution in [0.5, 0.6) is 0 Å². The highest BCUT2D eigenvalue weighted by atomic mass is 19.4. The first-order chi connectivity index (χ1) is 13.0. The van der Waals surface area contributed by atoms with Gasteiger partial charge in [-0.1, -0.05) is 20.8 Å². The van der Waals surface area contributed by atoms with E-state index in [1.807, 2.05) is 0 Å². The summed E-state index contributed by atoms with van der Waals surface area (Å²) in [5, 5.41) is 5.72. The lowest BCUT2D eigenvalue weighted by molar-refractivity contribution is -0.141. The summed E-state index contributed by atoms with van der Waals surface area (Å²) in [5.41, 5.74) is -0.960. The zero-order valence-electron chi connectivity index (χ0n) is 15.5. The van der Waals surface area contributed by atoms with E-state index in [0.717, 1.165) is 22.9 Å². The first-order valence-electron chi connectivity index (χ1n) is 8.57. The van der Waals surface area contributed by atoms with Gasteiger partial charge in [0.15, 0.2) is 5.69 Å². The summed E-state index contributed by atoms with van der Waals surface area (Å²) < 4.78 is 71.7. The van der Waals surface area contributed by atoms with E-state index in [9.17, 15) is 26.7 Å². The van der Waals surface area contributed by atoms with Crippen LogP contribution in [0.25, 0.3) is 0 Å². The van der Waals surface area contributed by atoms with Gasteiger partial charge in [-0.2, -0.15) is 18.3 Å². The smallest absolute Gasteiger partial charge is 0.435 e. The van der Waals surface area contributed by atoms with E-state index in [0.29, 0.717) is 18.2 Å². The summed E-state index contributed by atoms with van der Waals surface area (Å²) in [6.07, 6.45) is -6.11. The minimum absolute atomic E-state index is 0.101. The lowest BCUT2D eigenvalue weighted by Crippen LogP contribution is -2.31. The second kappa shape index (κ2) is 8.57. The van der Waals surface area contributed by atoms with Gasteiger partial charge in [0.25, 0.3) is 0 Å². The van der Waals surface area contributed by atoms with E-state index in [4.69, 9.17) is 4.74 Å². The van der Waals surface area contributed by atoms with Crippen molar-refractivity contribution in [2.24, 2.45) is 5.92 Å². The molecule has 1 atom stereocenters. The van der Waals surface area contributed by atoms with Crippen LogP contribution in [0.1, 0.15) is 32.2 Å². The highest BCUT2D eigenvalue weighted by Gasteiger charge is 2.35. The van der Waals surface area contributed by atoms with Crippen molar-refractivity contribution in [2.75, 3.05) is 5.32 Å². The van der Waals surface area contributed by atoms with E-state index in [2.05, 4.69) is 10.4 Å². The van der Waals surface area contributed by atoms with Gasteiger partial charge in [-0.3, -0.25) is 10.00 Å². The van der Waals surface area contributed by atoms with Crippen molar-refractivity contribution in [3.8, 4) is 0 Å². The molecule has 0 spiro atoms. The van der Waals surface area contributed by atoms with E-state index < -0.39 is 35.7 Å². The molecule has 10 heteroatoms. The molecule has 1 heterocycles. The molecule has 1 aromatic heterocycles. The Bertz CT molecular complexity index is 833. The van der Waals surface area contributed by atoms with E-state index in [1.54, 1.807) is 20.8 Å². The van der Waals surface area contributed by atoms with E-state index in [1.165, 1.54) is 0 Å². The number of carbonyl (C=O) groups excluding carboxylic acids is 1. The Kier molecular flexibility index (Phi) is 6.63. The third-order valence-corrected chi connectivity index (χ3v) is 4.04. The van der Waals surface area contributed by atoms with Crippen LogP contribution in [0, 0.1) is 17.6 Å². The fourth-order valence-corrected chi connectivity index (χ4v) is 2.46. The molecule has 0 saturated carbocycles. The maximum absolute atomic E-state index is 13.6. The molecule has 0 saturated heterocycles. The second-order valence-electron chi connectivity index (χ2n) is 6.49. The SMILES string of the molecule is CCc1cc(C(F)(F)F)nn1C[C@H](OC(=O)Nc1ccc(F)cc1F)C(C)C. The van der Waals surface area contributed by atoms with Crippen molar-refractivity contribution in [1.29, 1.82) is 0 Å². The molecule has 28 heavy (non-hydrogen) atoms. The lowest BCUT2D eigenvalue weighted by Gasteiger charge is -2.22. The van der Waals surface area contributed by atoms with Gasteiger partial charge < -0.3 is 4.74 Å². The predicted octanol–water partition coefficient (Wildman–Crippen LogP) is 5.02. The Morgan fingerprint density at radius 2 is 1.93 bits per heavy atom. The quantitative estimate of drug-likeness (QED) is 0.687. The maximum Gasteiger partial charge on any atom is 0.435 e. The van der Waals surface area contributed by atoms with Crippen LogP contribution < -0.4 is 5.32 Å². The largest absolute Gasteiger partial charge is 0.444 e. The number of hydrogen-bond donors (Lipinski definition) is 1. The lowest BCUT2D eigenvalue weighted by atomic mass is 10.1. The molecular formula is C18H20F5N3O2. The summed E-state index contributed by atoms with van der Waals surface area (Å²) in [6.45, 7) is 5.02. The number of anilines is 1. The fraction of sp³-hybridized carbons (Fsp3) is 0.444. The number of aryl methyl sites for hydroxylation is 1. The van der Waals surface area contributed by atoms with Gasteiger partial charge in [-0.05, 0) is 30.5 Å². The number of rotatable bonds is 6. The maximum atomic E-state index is 13.6. The fourth-order valence-electron chi connectivity index (χ4n) is 2.46. The van der Waals surface area contributed by atoms with Crippen LogP contribution in [0.3, 0.4) is 0 Å². The molecule has 0 fully saturated rings. The molecule has 0 aliphatic carbocycles. The summed E-state index contributed by atoms with van der Waals surface area (Å²) in [6, 6.07) is 3.56. The molecule has 0 aliphatic heterocycles. The number of alkyl halides is 3. The normalized spacial score (nSPS) is 12.9. The van der Waals surface area contributed by atoms with Crippen molar-refractivity contribution in [3.63, 3.8) is 0 Å². The van der Waals surface area contributed by atoms with Crippen LogP contribution in [-0.2, 0) is 23.9 Å². The summed E-state index contributed by atoms with van der Waals surface area (Å²) in [4.78, 5) is 12.1. The molecule has 0 unspecified atom stereocenters. The molecule has 2 aromatic rings. The van der Waals surface area contributed by atoms with Crippen molar-refractivity contribution in [2.45, 2.75) is 46.0 Å². The van der Waals surface area contributed by atoms with Gasteiger partial charge in [-0.25, -0.2) is 13.6 Å². The topological polar surface area (TPSA) is 56.2 Å². The monoisotopic (exact) mass is 405 g/mol. The van der Waals surface area contributed by atoms with Crippen molar-refractivity contribution in [3.05, 3.63) is 47.3 Å². The molecule has 0 bridgehead atoms. The van der Waals surface area contributed by atoms with Gasteiger partial charge in [0.05, 0.1) is 12.2 Å². The van der Waals surface area contributed by atoms with Crippen LogP contribution in [0.2, 0.25) is 0 Å². The molecule has 1 amide bonds. The third-order valence-electron chi connectivity index (χ3n) is 4.04. The zero-order valence-corrected chi connectivity index (χ0v) is 15.5. The van der Waals surface area contributed by atoms with Crippen molar-refractivity contribution < 1.29 is 31.5 Å². The number of ether oxygens (including phenoxy) is 1. The minimum atomic E-state index is -4.58. The molecular weight excluding hydrogens is 385 g/mol. The molecule has 2 rings (SSSR count). The molecule has 1 aromatic carbocycles. The molecule has 5 nitrogen and oxygen atoms in total. The van der Waals surface area contributed by atoms with Crippen molar-refractivity contribution >= 4 is 11.8 Å². The number of halogens is 5. The molecule has 1 N–H and O–H groups in total. The Hall–Kier alpha value is -2.65. The highest BCUT2D eigenvalue weighted by Crippen LogP contribution is 2.29. The Morgan fingerprint density at radius 1 is 1.25 bits per heavy atom. The Balaban J connectivity index is 2.13. The van der Waals surface area contributed by atoms with Gasteiger partial charge in [-0.15, -0.1) is 0 Å². The number of nitrogens with one attached hydrogen (secondary N) is 1. The van der Waals surface area contributed by atoms with E-state index in [-0.39, 0.29) is 18.2 Å². The Morgan fingerprint density at radius 3 is 2.46 bits per heavy atom. The van der Waals surface area contributed by atoms with Crippen LogP contribution in [0.4, 0.5) is 32.4 Å². The number of amides is 1. The molecule has 154 valence electrons. The minimum Gasteiger partial charge on any atom is -0.444 e. The molecule has 0 aliphatic rings. The number of hydrogen-bond acceptors (Lipinski definition) is 3. The highest BCUT2D eigenvalue weighted by molar-refractivity contribution is 5.84. The number of nitrogens with zero attached hydrogens (tertiary/aromatic N) is 2. The van der Waals surface area contributed by atoms with Gasteiger partial charge in [0, 0.05) is 11.8 Å². The van der Waals surface area contributed by atoms with Crippen LogP contribution >= 0.6 is 0 Å². The average Bonchev–Trinajstić information content (AvgIpc) is 3.00. The van der Waals surface area contributed by atoms with E-state index >= 15 is 0 Å². The third kappa shape index (κ3) is 5.43. The van der Waals surface area contributed by atoms with Gasteiger partial charge >= 0.3 is 12.3 Å². The summed E-state index contributed by atoms with van der Waals surface area (Å²) >= 11 is 0. The Labute approximate surface area is 158 Å². The second-order valence-corrected chi connectivity index (χ2v) is 6.49. The predicted molar refractivity (Wildman–Crippen MR) is 91.7 cm³/mol. The first kappa shape index (κ1) is 21.6. The number of benzene rings is 1. The number of carbonyl (C=O) groups is 1. The first-order valence-corrected chi connectivity index (χ1v) is 8.57. The summed E-state index contributed by atoms with van der Waals surface area (Å²) in [5.74, 6) is -2.04. The average molecular weight is 405 g/mol. The zero-order chi connectivity index (χ0) is 21.1. The van der Waals surface area contributed by atoms with Crippen LogP contribution in [0.15, 0.2) is 24.3 Å². The van der Waals surface area contributed by atoms with Crippen LogP contribution in [-0.4, -0.2) is 22.0 Å². The standard InChI is InChI=1S/C18H20F5N3O2/c1-4-12-8-16(18(21,22)23)25-26(12)9-15(10(2)3)28-17(27)24-14-6-5-11(19)7-13(14)20/h5-8,10,15H,4,9H2,1-3H3,(H,24,27)/t15-/m0/s1. The van der Waals surface area contributed by atoms with Gasteiger partial charge in [0.1, 0.15) is 17.7 Å².